The molecule has 3 heterocycles. The first-order valence-electron chi connectivity index (χ1n) is 9.47. The van der Waals surface area contributed by atoms with Gasteiger partial charge >= 0.3 is 6.09 Å². The summed E-state index contributed by atoms with van der Waals surface area (Å²) in [4.78, 5) is 28.7. The average molecular weight is 384 g/mol. The van der Waals surface area contributed by atoms with E-state index in [1.807, 2.05) is 19.3 Å². The number of carbonyl (C=O) groups is 2. The summed E-state index contributed by atoms with van der Waals surface area (Å²) in [6.45, 7) is 0.479. The fraction of sp³-hybridized carbons (Fsp3) is 0.474. The zero-order valence-corrected chi connectivity index (χ0v) is 16.0. The number of pyridine rings is 1. The minimum Gasteiger partial charge on any atom is -0.453 e. The number of hydrogen-bond donors (Lipinski definition) is 3. The van der Waals surface area contributed by atoms with E-state index in [1.165, 1.54) is 7.11 Å². The second-order valence-corrected chi connectivity index (χ2v) is 7.25. The molecule has 2 aliphatic rings. The van der Waals surface area contributed by atoms with Crippen LogP contribution in [0.3, 0.4) is 0 Å². The summed E-state index contributed by atoms with van der Waals surface area (Å²) in [6.07, 6.45) is 7.08. The van der Waals surface area contributed by atoms with Gasteiger partial charge in [-0.25, -0.2) is 9.78 Å². The molecular weight excluding hydrogens is 360 g/mol. The number of rotatable bonds is 4. The molecule has 0 unspecified atom stereocenters. The summed E-state index contributed by atoms with van der Waals surface area (Å²) in [5, 5.41) is 13.5. The van der Waals surface area contributed by atoms with E-state index < -0.39 is 6.09 Å². The van der Waals surface area contributed by atoms with E-state index in [2.05, 4.69) is 21.0 Å². The maximum atomic E-state index is 12.3. The number of hydrogen-bond acceptors (Lipinski definition) is 6. The Labute approximate surface area is 162 Å². The Balaban J connectivity index is 1.64. The van der Waals surface area contributed by atoms with Gasteiger partial charge in [0.05, 0.1) is 30.6 Å². The molecule has 2 atom stereocenters. The molecule has 9 heteroatoms. The van der Waals surface area contributed by atoms with Crippen molar-refractivity contribution >= 4 is 17.8 Å². The number of carbonyl (C=O) groups excluding carboxylic acids is 2. The lowest BCUT2D eigenvalue weighted by atomic mass is 9.90. The van der Waals surface area contributed by atoms with Crippen LogP contribution in [0, 0.1) is 0 Å². The molecule has 1 fully saturated rings. The molecule has 0 radical (unpaired) electrons. The lowest BCUT2D eigenvalue weighted by molar-refractivity contribution is 0.0966. The van der Waals surface area contributed by atoms with Crippen molar-refractivity contribution in [1.29, 1.82) is 0 Å². The summed E-state index contributed by atoms with van der Waals surface area (Å²) in [5.74, 6) is 0.577. The van der Waals surface area contributed by atoms with Gasteiger partial charge in [-0.15, -0.1) is 0 Å². The number of ether oxygens (including phenoxy) is 1. The van der Waals surface area contributed by atoms with E-state index in [0.29, 0.717) is 23.6 Å². The van der Waals surface area contributed by atoms with Gasteiger partial charge < -0.3 is 20.7 Å². The van der Waals surface area contributed by atoms with Crippen molar-refractivity contribution in [2.24, 2.45) is 7.05 Å². The second kappa shape index (κ2) is 7.49. The monoisotopic (exact) mass is 384 g/mol. The first-order chi connectivity index (χ1) is 13.5. The molecule has 9 nitrogen and oxygen atoms in total. The molecule has 0 bridgehead atoms. The summed E-state index contributed by atoms with van der Waals surface area (Å²) >= 11 is 0. The Bertz CT molecular complexity index is 909. The Morgan fingerprint density at radius 1 is 1.32 bits per heavy atom. The van der Waals surface area contributed by atoms with Crippen LogP contribution < -0.4 is 16.0 Å². The topological polar surface area (TPSA) is 110 Å². The number of aryl methyl sites for hydroxylation is 1. The number of fused-ring (bicyclic) bond motifs is 1. The Morgan fingerprint density at radius 3 is 2.82 bits per heavy atom. The predicted octanol–water partition coefficient (Wildman–Crippen LogP) is 1.80. The molecule has 1 aliphatic heterocycles. The maximum Gasteiger partial charge on any atom is 0.407 e. The van der Waals surface area contributed by atoms with Crippen LogP contribution in [0.1, 0.15) is 41.6 Å². The van der Waals surface area contributed by atoms with Crippen LogP contribution in [0.4, 0.5) is 10.6 Å². The van der Waals surface area contributed by atoms with Crippen LogP contribution in [0.2, 0.25) is 0 Å². The highest BCUT2D eigenvalue weighted by molar-refractivity contribution is 6.04. The molecule has 2 aromatic rings. The lowest BCUT2D eigenvalue weighted by Gasteiger charge is -2.32. The number of nitrogens with zero attached hydrogens (tertiary/aromatic N) is 3. The van der Waals surface area contributed by atoms with Crippen molar-refractivity contribution in [3.05, 3.63) is 29.6 Å². The molecule has 2 aromatic heterocycles. The number of aromatic nitrogens is 3. The number of methoxy groups -OCH3 is 1. The highest BCUT2D eigenvalue weighted by atomic mass is 16.5. The smallest absolute Gasteiger partial charge is 0.407 e. The molecular formula is C19H24N6O3. The predicted molar refractivity (Wildman–Crippen MR) is 103 cm³/mol. The van der Waals surface area contributed by atoms with E-state index in [-0.39, 0.29) is 18.0 Å². The van der Waals surface area contributed by atoms with Gasteiger partial charge in [-0.1, -0.05) is 12.8 Å². The molecule has 1 aliphatic carbocycles. The molecule has 3 N–H and O–H groups in total. The van der Waals surface area contributed by atoms with Crippen molar-refractivity contribution in [3.8, 4) is 11.3 Å². The number of amides is 2. The lowest BCUT2D eigenvalue weighted by Crippen LogP contribution is -2.48. The second-order valence-electron chi connectivity index (χ2n) is 7.25. The summed E-state index contributed by atoms with van der Waals surface area (Å²) in [7, 11) is 3.20. The first-order valence-corrected chi connectivity index (χ1v) is 9.47. The molecule has 148 valence electrons. The quantitative estimate of drug-likeness (QED) is 0.741. The third-order valence-electron chi connectivity index (χ3n) is 5.33. The van der Waals surface area contributed by atoms with Gasteiger partial charge in [0.1, 0.15) is 5.82 Å². The van der Waals surface area contributed by atoms with Crippen LogP contribution >= 0.6 is 0 Å². The van der Waals surface area contributed by atoms with Gasteiger partial charge in [0.15, 0.2) is 0 Å². The van der Waals surface area contributed by atoms with Crippen molar-refractivity contribution in [3.63, 3.8) is 0 Å². The molecule has 2 amide bonds. The molecule has 0 aromatic carbocycles. The van der Waals surface area contributed by atoms with E-state index in [1.54, 1.807) is 10.9 Å². The van der Waals surface area contributed by atoms with Gasteiger partial charge in [-0.2, -0.15) is 5.10 Å². The van der Waals surface area contributed by atoms with Gasteiger partial charge in [0.2, 0.25) is 0 Å². The third-order valence-corrected chi connectivity index (χ3v) is 5.33. The van der Waals surface area contributed by atoms with Gasteiger partial charge in [0.25, 0.3) is 5.91 Å². The summed E-state index contributed by atoms with van der Waals surface area (Å²) in [5.41, 5.74) is 2.93. The summed E-state index contributed by atoms with van der Waals surface area (Å²) in [6, 6.07) is 1.93. The van der Waals surface area contributed by atoms with E-state index >= 15 is 0 Å². The maximum absolute atomic E-state index is 12.3. The van der Waals surface area contributed by atoms with Crippen molar-refractivity contribution in [2.75, 3.05) is 12.4 Å². The van der Waals surface area contributed by atoms with Crippen LogP contribution in [-0.4, -0.2) is 46.0 Å². The Kier molecular flexibility index (Phi) is 4.89. The SMILES string of the molecule is COC(=O)N[C@H]1CCCC[C@H]1Nc1cc2c(c(-c3cnn(C)c3)n1)C(=O)NC2. The van der Waals surface area contributed by atoms with Crippen molar-refractivity contribution < 1.29 is 14.3 Å². The molecule has 1 saturated carbocycles. The zero-order chi connectivity index (χ0) is 19.7. The van der Waals surface area contributed by atoms with Crippen molar-refractivity contribution in [1.82, 2.24) is 25.4 Å². The van der Waals surface area contributed by atoms with Crippen LogP contribution in [-0.2, 0) is 18.3 Å². The van der Waals surface area contributed by atoms with Gasteiger partial charge in [-0.3, -0.25) is 9.48 Å². The summed E-state index contributed by atoms with van der Waals surface area (Å²) < 4.78 is 6.44. The fourth-order valence-electron chi connectivity index (χ4n) is 3.96. The normalized spacial score (nSPS) is 21.0. The standard InChI is InChI=1S/C19H24N6O3/c1-25-10-12(9-21-25)17-16-11(8-20-18(16)26)7-15(24-17)22-13-5-3-4-6-14(13)23-19(27)28-2/h7,9-10,13-14H,3-6,8H2,1-2H3,(H,20,26)(H,22,24)(H,23,27)/t13-,14+/m1/s1. The van der Waals surface area contributed by atoms with E-state index in [0.717, 1.165) is 36.8 Å². The fourth-order valence-corrected chi connectivity index (χ4v) is 3.96. The van der Waals surface area contributed by atoms with Crippen molar-refractivity contribution in [2.45, 2.75) is 44.3 Å². The Hall–Kier alpha value is -3.10. The highest BCUT2D eigenvalue weighted by Crippen LogP contribution is 2.31. The van der Waals surface area contributed by atoms with Crippen LogP contribution in [0.25, 0.3) is 11.3 Å². The van der Waals surface area contributed by atoms with E-state index in [4.69, 9.17) is 9.72 Å². The molecule has 0 saturated heterocycles. The number of alkyl carbamates (subject to hydrolysis) is 1. The minimum atomic E-state index is -0.425. The number of anilines is 1. The Morgan fingerprint density at radius 2 is 2.11 bits per heavy atom. The van der Waals surface area contributed by atoms with E-state index in [9.17, 15) is 9.59 Å². The number of nitrogens with one attached hydrogen (secondary N) is 3. The van der Waals surface area contributed by atoms with Crippen LogP contribution in [0.5, 0.6) is 0 Å². The average Bonchev–Trinajstić information content (AvgIpc) is 3.29. The minimum absolute atomic E-state index is 0.0298. The third kappa shape index (κ3) is 3.51. The van der Waals surface area contributed by atoms with Crippen LogP contribution in [0.15, 0.2) is 18.5 Å². The molecule has 0 spiro atoms. The van der Waals surface area contributed by atoms with Gasteiger partial charge in [-0.05, 0) is 24.5 Å². The zero-order valence-electron chi connectivity index (χ0n) is 16.0. The largest absolute Gasteiger partial charge is 0.453 e. The first kappa shape index (κ1) is 18.3. The molecule has 28 heavy (non-hydrogen) atoms. The molecule has 4 rings (SSSR count). The van der Waals surface area contributed by atoms with Gasteiger partial charge in [0, 0.05) is 31.4 Å². The highest BCUT2D eigenvalue weighted by Gasteiger charge is 2.30.